The summed E-state index contributed by atoms with van der Waals surface area (Å²) < 4.78 is 12.9. The zero-order valence-corrected chi connectivity index (χ0v) is 12.9. The van der Waals surface area contributed by atoms with E-state index in [2.05, 4.69) is 4.98 Å². The molecule has 2 aromatic rings. The van der Waals surface area contributed by atoms with Crippen LogP contribution in [0.25, 0.3) is 0 Å². The van der Waals surface area contributed by atoms with E-state index in [1.165, 1.54) is 30.3 Å². The molecule has 0 spiro atoms. The minimum absolute atomic E-state index is 0.00248. The van der Waals surface area contributed by atoms with Gasteiger partial charge < -0.3 is 14.9 Å². The number of carbonyl (C=O) groups excluding carboxylic acids is 1. The van der Waals surface area contributed by atoms with E-state index in [9.17, 15) is 14.0 Å². The molecule has 1 amide bonds. The average molecular weight is 329 g/mol. The maximum absolute atomic E-state index is 12.9. The first-order valence-corrected chi connectivity index (χ1v) is 7.55. The van der Waals surface area contributed by atoms with Crippen molar-refractivity contribution in [2.45, 2.75) is 0 Å². The number of anilines is 1. The van der Waals surface area contributed by atoms with E-state index in [1.54, 1.807) is 17.0 Å². The number of carboxylic acid groups (broad SMARTS) is 1. The van der Waals surface area contributed by atoms with Gasteiger partial charge in [0, 0.05) is 31.7 Å². The zero-order chi connectivity index (χ0) is 17.1. The summed E-state index contributed by atoms with van der Waals surface area (Å²) in [6, 6.07) is 10.3. The Morgan fingerprint density at radius 1 is 1.00 bits per heavy atom. The molecule has 0 aliphatic carbocycles. The maximum atomic E-state index is 12.9. The van der Waals surface area contributed by atoms with Gasteiger partial charge in [-0.05, 0) is 36.4 Å². The van der Waals surface area contributed by atoms with Gasteiger partial charge in [-0.2, -0.15) is 0 Å². The fourth-order valence-electron chi connectivity index (χ4n) is 2.63. The molecule has 0 atom stereocenters. The van der Waals surface area contributed by atoms with E-state index in [4.69, 9.17) is 5.11 Å². The lowest BCUT2D eigenvalue weighted by atomic mass is 10.1. The second-order valence-electron chi connectivity index (χ2n) is 5.47. The number of aromatic nitrogens is 1. The number of rotatable bonds is 3. The van der Waals surface area contributed by atoms with Crippen molar-refractivity contribution in [2.75, 3.05) is 31.1 Å². The lowest BCUT2D eigenvalue weighted by Crippen LogP contribution is -2.49. The molecule has 6 nitrogen and oxygen atoms in total. The number of aromatic carboxylic acids is 1. The number of hydrogen-bond donors (Lipinski definition) is 1. The minimum atomic E-state index is -1.07. The van der Waals surface area contributed by atoms with Crippen LogP contribution in [0.1, 0.15) is 20.8 Å². The van der Waals surface area contributed by atoms with E-state index in [-0.39, 0.29) is 17.4 Å². The quantitative estimate of drug-likeness (QED) is 0.931. The van der Waals surface area contributed by atoms with Gasteiger partial charge in [-0.1, -0.05) is 6.07 Å². The molecule has 7 heteroatoms. The van der Waals surface area contributed by atoms with Crippen LogP contribution in [0.2, 0.25) is 0 Å². The van der Waals surface area contributed by atoms with Crippen molar-refractivity contribution in [1.29, 1.82) is 0 Å². The highest BCUT2D eigenvalue weighted by atomic mass is 19.1. The second-order valence-corrected chi connectivity index (χ2v) is 5.47. The fourth-order valence-corrected chi connectivity index (χ4v) is 2.63. The first-order valence-electron chi connectivity index (χ1n) is 7.55. The van der Waals surface area contributed by atoms with E-state index < -0.39 is 5.97 Å². The number of carbonyl (C=O) groups is 2. The maximum Gasteiger partial charge on any atom is 0.354 e. The lowest BCUT2D eigenvalue weighted by molar-refractivity contribution is 0.0690. The average Bonchev–Trinajstić information content (AvgIpc) is 2.62. The number of piperazine rings is 1. The molecule has 1 N–H and O–H groups in total. The molecule has 2 heterocycles. The summed E-state index contributed by atoms with van der Waals surface area (Å²) >= 11 is 0. The summed E-state index contributed by atoms with van der Waals surface area (Å²) in [5, 5.41) is 9.01. The molecular formula is C17H16FN3O3. The van der Waals surface area contributed by atoms with Gasteiger partial charge in [0.15, 0.2) is 5.69 Å². The van der Waals surface area contributed by atoms with Crippen LogP contribution >= 0.6 is 0 Å². The Bertz CT molecular complexity index is 756. The smallest absolute Gasteiger partial charge is 0.354 e. The Morgan fingerprint density at radius 3 is 2.29 bits per heavy atom. The summed E-state index contributed by atoms with van der Waals surface area (Å²) in [6.45, 7) is 2.11. The number of nitrogens with zero attached hydrogens (tertiary/aromatic N) is 3. The molecule has 1 aliphatic rings. The number of carboxylic acids is 1. The zero-order valence-electron chi connectivity index (χ0n) is 12.9. The minimum Gasteiger partial charge on any atom is -0.477 e. The highest BCUT2D eigenvalue weighted by molar-refractivity contribution is 5.94. The van der Waals surface area contributed by atoms with Crippen molar-refractivity contribution in [3.8, 4) is 0 Å². The number of pyridine rings is 1. The molecule has 0 radical (unpaired) electrons. The fraction of sp³-hybridized carbons (Fsp3) is 0.235. The standard InChI is InChI=1S/C17H16FN3O3/c18-13-6-4-12(5-7-13)16(22)21-10-8-20(9-11-21)15-3-1-2-14(19-15)17(23)24/h1-7H,8-11H2,(H,23,24). The van der Waals surface area contributed by atoms with Crippen LogP contribution in [0.15, 0.2) is 42.5 Å². The highest BCUT2D eigenvalue weighted by Gasteiger charge is 2.23. The third-order valence-corrected chi connectivity index (χ3v) is 3.94. The van der Waals surface area contributed by atoms with Gasteiger partial charge in [0.1, 0.15) is 11.6 Å². The molecule has 1 fully saturated rings. The largest absolute Gasteiger partial charge is 0.477 e. The van der Waals surface area contributed by atoms with E-state index >= 15 is 0 Å². The molecule has 24 heavy (non-hydrogen) atoms. The van der Waals surface area contributed by atoms with Gasteiger partial charge >= 0.3 is 5.97 Å². The molecule has 1 saturated heterocycles. The first kappa shape index (κ1) is 15.9. The lowest BCUT2D eigenvalue weighted by Gasteiger charge is -2.35. The highest BCUT2D eigenvalue weighted by Crippen LogP contribution is 2.16. The van der Waals surface area contributed by atoms with Gasteiger partial charge in [-0.3, -0.25) is 4.79 Å². The SMILES string of the molecule is O=C(O)c1cccc(N2CCN(C(=O)c3ccc(F)cc3)CC2)n1. The molecule has 0 unspecified atom stereocenters. The van der Waals surface area contributed by atoms with Crippen molar-refractivity contribution >= 4 is 17.7 Å². The van der Waals surface area contributed by atoms with Crippen LogP contribution < -0.4 is 4.90 Å². The summed E-state index contributed by atoms with van der Waals surface area (Å²) in [7, 11) is 0. The molecule has 1 aliphatic heterocycles. The predicted octanol–water partition coefficient (Wildman–Crippen LogP) is 1.88. The third kappa shape index (κ3) is 3.34. The van der Waals surface area contributed by atoms with Gasteiger partial charge in [0.25, 0.3) is 5.91 Å². The first-order chi connectivity index (χ1) is 11.5. The van der Waals surface area contributed by atoms with Crippen LogP contribution in [-0.4, -0.2) is 53.0 Å². The molecule has 1 aromatic heterocycles. The van der Waals surface area contributed by atoms with Crippen molar-refractivity contribution in [3.05, 3.63) is 59.5 Å². The van der Waals surface area contributed by atoms with Crippen molar-refractivity contribution in [3.63, 3.8) is 0 Å². The molecule has 3 rings (SSSR count). The number of halogens is 1. The Kier molecular flexibility index (Phi) is 4.41. The number of benzene rings is 1. The monoisotopic (exact) mass is 329 g/mol. The van der Waals surface area contributed by atoms with E-state index in [0.717, 1.165) is 0 Å². The third-order valence-electron chi connectivity index (χ3n) is 3.94. The molecular weight excluding hydrogens is 313 g/mol. The normalized spacial score (nSPS) is 14.5. The van der Waals surface area contributed by atoms with Crippen molar-refractivity contribution in [2.24, 2.45) is 0 Å². The second kappa shape index (κ2) is 6.66. The van der Waals surface area contributed by atoms with Gasteiger partial charge in [0.05, 0.1) is 0 Å². The van der Waals surface area contributed by atoms with Crippen molar-refractivity contribution in [1.82, 2.24) is 9.88 Å². The molecule has 0 saturated carbocycles. The van der Waals surface area contributed by atoms with Crippen LogP contribution in [-0.2, 0) is 0 Å². The van der Waals surface area contributed by atoms with Crippen LogP contribution in [0, 0.1) is 5.82 Å². The van der Waals surface area contributed by atoms with E-state index in [1.807, 2.05) is 4.90 Å². The topological polar surface area (TPSA) is 73.7 Å². The molecule has 0 bridgehead atoms. The Labute approximate surface area is 138 Å². The van der Waals surface area contributed by atoms with Crippen LogP contribution in [0.4, 0.5) is 10.2 Å². The van der Waals surface area contributed by atoms with Gasteiger partial charge in [0.2, 0.25) is 0 Å². The van der Waals surface area contributed by atoms with Gasteiger partial charge in [-0.25, -0.2) is 14.2 Å². The van der Waals surface area contributed by atoms with Crippen LogP contribution in [0.3, 0.4) is 0 Å². The Balaban J connectivity index is 1.65. The number of hydrogen-bond acceptors (Lipinski definition) is 4. The molecule has 1 aromatic carbocycles. The van der Waals surface area contributed by atoms with Gasteiger partial charge in [-0.15, -0.1) is 0 Å². The summed E-state index contributed by atoms with van der Waals surface area (Å²) in [6.07, 6.45) is 0. The number of amides is 1. The predicted molar refractivity (Wildman–Crippen MR) is 85.7 cm³/mol. The summed E-state index contributed by atoms with van der Waals surface area (Å²) in [5.74, 6) is -0.992. The Hall–Kier alpha value is -2.96. The van der Waals surface area contributed by atoms with Crippen molar-refractivity contribution < 1.29 is 19.1 Å². The Morgan fingerprint density at radius 2 is 1.67 bits per heavy atom. The van der Waals surface area contributed by atoms with E-state index in [0.29, 0.717) is 37.6 Å². The summed E-state index contributed by atoms with van der Waals surface area (Å²) in [4.78, 5) is 31.1. The van der Waals surface area contributed by atoms with Crippen LogP contribution in [0.5, 0.6) is 0 Å². The molecule has 124 valence electrons. The summed E-state index contributed by atoms with van der Waals surface area (Å²) in [5.41, 5.74) is 0.452.